The molecule has 3 nitrogen and oxygen atoms in total. The van der Waals surface area contributed by atoms with Crippen LogP contribution in [0.5, 0.6) is 0 Å². The van der Waals surface area contributed by atoms with Crippen LogP contribution in [0, 0.1) is 11.3 Å². The van der Waals surface area contributed by atoms with Gasteiger partial charge in [0.2, 0.25) is 0 Å². The number of halogens is 3. The van der Waals surface area contributed by atoms with Gasteiger partial charge in [0.1, 0.15) is 11.6 Å². The van der Waals surface area contributed by atoms with Crippen molar-refractivity contribution in [2.24, 2.45) is 0 Å². The highest BCUT2D eigenvalue weighted by molar-refractivity contribution is 8.00. The molecule has 2 aromatic carbocycles. The van der Waals surface area contributed by atoms with Gasteiger partial charge in [-0.15, -0.1) is 0 Å². The number of alkyl halides is 3. The van der Waals surface area contributed by atoms with Crippen LogP contribution in [0.4, 0.5) is 18.9 Å². The molecule has 0 spiro atoms. The third-order valence-electron chi connectivity index (χ3n) is 2.82. The van der Waals surface area contributed by atoms with Gasteiger partial charge in [-0.05, 0) is 47.7 Å². The van der Waals surface area contributed by atoms with Crippen LogP contribution in [-0.2, 0) is 4.79 Å². The number of hydrogen-bond donors (Lipinski definition) is 1. The van der Waals surface area contributed by atoms with Crippen LogP contribution in [0.2, 0.25) is 0 Å². The molecule has 0 saturated heterocycles. The quantitative estimate of drug-likeness (QED) is 0.488. The number of thioether (sulfide) groups is 1. The molecule has 0 aliphatic rings. The largest absolute Gasteiger partial charge is 0.446 e. The highest BCUT2D eigenvalue weighted by Gasteiger charge is 2.28. The number of nitriles is 1. The second kappa shape index (κ2) is 7.70. The Hall–Kier alpha value is -2.72. The van der Waals surface area contributed by atoms with E-state index >= 15 is 0 Å². The third-order valence-corrected chi connectivity index (χ3v) is 3.56. The summed E-state index contributed by atoms with van der Waals surface area (Å²) < 4.78 is 36.8. The Morgan fingerprint density at radius 1 is 1.08 bits per heavy atom. The fourth-order valence-corrected chi connectivity index (χ4v) is 2.34. The molecule has 0 aliphatic heterocycles. The average Bonchev–Trinajstić information content (AvgIpc) is 2.53. The van der Waals surface area contributed by atoms with Gasteiger partial charge in [-0.2, -0.15) is 18.4 Å². The first kappa shape index (κ1) is 17.6. The summed E-state index contributed by atoms with van der Waals surface area (Å²) in [6.45, 7) is 0. The first-order valence-corrected chi connectivity index (χ1v) is 7.53. The van der Waals surface area contributed by atoms with Crippen molar-refractivity contribution >= 4 is 29.4 Å². The average molecular weight is 348 g/mol. The number of rotatable bonds is 4. The van der Waals surface area contributed by atoms with Gasteiger partial charge in [-0.1, -0.05) is 30.3 Å². The Bertz CT molecular complexity index is 778. The lowest BCUT2D eigenvalue weighted by Crippen LogP contribution is -2.13. The van der Waals surface area contributed by atoms with Crippen molar-refractivity contribution in [1.29, 1.82) is 5.26 Å². The maximum atomic E-state index is 12.3. The number of benzene rings is 2. The van der Waals surface area contributed by atoms with Gasteiger partial charge in [0.05, 0.1) is 0 Å². The summed E-state index contributed by atoms with van der Waals surface area (Å²) in [6, 6.07) is 15.8. The second-order valence-electron chi connectivity index (χ2n) is 4.61. The van der Waals surface area contributed by atoms with Crippen molar-refractivity contribution in [3.05, 3.63) is 65.7 Å². The summed E-state index contributed by atoms with van der Waals surface area (Å²) in [4.78, 5) is 12.1. The molecule has 0 saturated carbocycles. The topological polar surface area (TPSA) is 52.9 Å². The summed E-state index contributed by atoms with van der Waals surface area (Å²) in [5.41, 5.74) is -3.50. The molecule has 0 unspecified atom stereocenters. The molecule has 24 heavy (non-hydrogen) atoms. The first-order valence-electron chi connectivity index (χ1n) is 6.71. The highest BCUT2D eigenvalue weighted by atomic mass is 32.2. The third kappa shape index (κ3) is 5.48. The van der Waals surface area contributed by atoms with Crippen LogP contribution < -0.4 is 5.32 Å². The predicted octanol–water partition coefficient (Wildman–Crippen LogP) is 4.84. The molecular weight excluding hydrogens is 337 g/mol. The zero-order valence-corrected chi connectivity index (χ0v) is 13.0. The molecule has 1 N–H and O–H groups in total. The van der Waals surface area contributed by atoms with E-state index in [1.165, 1.54) is 30.3 Å². The van der Waals surface area contributed by atoms with Crippen molar-refractivity contribution in [2.75, 3.05) is 5.32 Å². The van der Waals surface area contributed by atoms with Crippen LogP contribution in [0.25, 0.3) is 6.08 Å². The maximum absolute atomic E-state index is 12.3. The summed E-state index contributed by atoms with van der Waals surface area (Å²) in [6.07, 6.45) is 1.32. The summed E-state index contributed by atoms with van der Waals surface area (Å²) in [7, 11) is 0. The van der Waals surface area contributed by atoms with E-state index in [4.69, 9.17) is 5.26 Å². The van der Waals surface area contributed by atoms with Crippen molar-refractivity contribution < 1.29 is 18.0 Å². The minimum Gasteiger partial charge on any atom is -0.321 e. The van der Waals surface area contributed by atoms with Crippen LogP contribution >= 0.6 is 11.8 Å². The van der Waals surface area contributed by atoms with E-state index in [-0.39, 0.29) is 22.2 Å². The van der Waals surface area contributed by atoms with Crippen molar-refractivity contribution in [2.45, 2.75) is 10.4 Å². The normalized spacial score (nSPS) is 11.7. The fourth-order valence-electron chi connectivity index (χ4n) is 1.80. The molecule has 0 aliphatic carbocycles. The van der Waals surface area contributed by atoms with E-state index in [1.54, 1.807) is 36.4 Å². The van der Waals surface area contributed by atoms with Gasteiger partial charge in [0.15, 0.2) is 0 Å². The number of amides is 1. The molecule has 0 bridgehead atoms. The predicted molar refractivity (Wildman–Crippen MR) is 87.0 cm³/mol. The SMILES string of the molecule is N#C/C(=C\c1ccc(SC(F)(F)F)cc1)C(=O)Nc1ccccc1. The fraction of sp³-hybridized carbons (Fsp3) is 0.0588. The molecule has 7 heteroatoms. The lowest BCUT2D eigenvalue weighted by atomic mass is 10.1. The van der Waals surface area contributed by atoms with Gasteiger partial charge in [0, 0.05) is 10.6 Å². The number of nitrogens with one attached hydrogen (secondary N) is 1. The molecule has 2 aromatic rings. The molecule has 122 valence electrons. The minimum absolute atomic E-state index is 0.0342. The lowest BCUT2D eigenvalue weighted by Gasteiger charge is -2.06. The maximum Gasteiger partial charge on any atom is 0.446 e. The number of hydrogen-bond acceptors (Lipinski definition) is 3. The summed E-state index contributed by atoms with van der Waals surface area (Å²) in [5.74, 6) is -0.586. The van der Waals surface area contributed by atoms with Crippen molar-refractivity contribution in [3.63, 3.8) is 0 Å². The van der Waals surface area contributed by atoms with Crippen LogP contribution in [-0.4, -0.2) is 11.4 Å². The van der Waals surface area contributed by atoms with Crippen LogP contribution in [0.1, 0.15) is 5.56 Å². The molecule has 0 fully saturated rings. The Morgan fingerprint density at radius 2 is 1.71 bits per heavy atom. The number of anilines is 1. The van der Waals surface area contributed by atoms with Gasteiger partial charge in [-0.3, -0.25) is 4.79 Å². The molecule has 0 aromatic heterocycles. The van der Waals surface area contributed by atoms with Crippen LogP contribution in [0.15, 0.2) is 65.1 Å². The molecule has 0 radical (unpaired) electrons. The smallest absolute Gasteiger partial charge is 0.321 e. The second-order valence-corrected chi connectivity index (χ2v) is 5.75. The molecule has 0 atom stereocenters. The Balaban J connectivity index is 2.12. The molecule has 1 amide bonds. The standard InChI is InChI=1S/C17H11F3N2OS/c18-17(19,20)24-15-8-6-12(7-9-15)10-13(11-21)16(23)22-14-4-2-1-3-5-14/h1-10H,(H,22,23)/b13-10+. The van der Waals surface area contributed by atoms with Gasteiger partial charge in [0.25, 0.3) is 5.91 Å². The van der Waals surface area contributed by atoms with Crippen molar-refractivity contribution in [3.8, 4) is 6.07 Å². The summed E-state index contributed by atoms with van der Waals surface area (Å²) in [5, 5.41) is 11.7. The molecule has 2 rings (SSSR count). The van der Waals surface area contributed by atoms with E-state index in [0.717, 1.165) is 0 Å². The highest BCUT2D eigenvalue weighted by Crippen LogP contribution is 2.36. The van der Waals surface area contributed by atoms with E-state index < -0.39 is 11.4 Å². The van der Waals surface area contributed by atoms with E-state index in [2.05, 4.69) is 5.32 Å². The first-order chi connectivity index (χ1) is 11.4. The van der Waals surface area contributed by atoms with E-state index in [9.17, 15) is 18.0 Å². The zero-order valence-electron chi connectivity index (χ0n) is 12.2. The Morgan fingerprint density at radius 3 is 2.25 bits per heavy atom. The number of para-hydroxylation sites is 1. The van der Waals surface area contributed by atoms with Crippen LogP contribution in [0.3, 0.4) is 0 Å². The number of carbonyl (C=O) groups excluding carboxylic acids is 1. The monoisotopic (exact) mass is 348 g/mol. The van der Waals surface area contributed by atoms with Crippen molar-refractivity contribution in [1.82, 2.24) is 0 Å². The van der Waals surface area contributed by atoms with Gasteiger partial charge < -0.3 is 5.32 Å². The van der Waals surface area contributed by atoms with Gasteiger partial charge in [-0.25, -0.2) is 0 Å². The minimum atomic E-state index is -4.36. The number of nitrogens with zero attached hydrogens (tertiary/aromatic N) is 1. The number of carbonyl (C=O) groups is 1. The van der Waals surface area contributed by atoms with E-state index in [1.807, 2.05) is 0 Å². The van der Waals surface area contributed by atoms with E-state index in [0.29, 0.717) is 11.3 Å². The molecule has 0 heterocycles. The zero-order chi connectivity index (χ0) is 17.6. The molecular formula is C17H11F3N2OS. The summed E-state index contributed by atoms with van der Waals surface area (Å²) >= 11 is -0.223. The lowest BCUT2D eigenvalue weighted by molar-refractivity contribution is -0.112. The Labute approximate surface area is 140 Å². The van der Waals surface area contributed by atoms with Gasteiger partial charge >= 0.3 is 5.51 Å². The Kier molecular flexibility index (Phi) is 5.66.